The predicted molar refractivity (Wildman–Crippen MR) is 70.3 cm³/mol. The van der Waals surface area contributed by atoms with Crippen molar-refractivity contribution in [3.63, 3.8) is 0 Å². The van der Waals surface area contributed by atoms with Crippen molar-refractivity contribution in [3.05, 3.63) is 33.4 Å². The molecule has 0 unspecified atom stereocenters. The van der Waals surface area contributed by atoms with Gasteiger partial charge in [-0.3, -0.25) is 9.48 Å². The van der Waals surface area contributed by atoms with E-state index in [-0.39, 0.29) is 5.56 Å². The molecule has 0 atom stereocenters. The summed E-state index contributed by atoms with van der Waals surface area (Å²) in [5.41, 5.74) is 0.549. The Morgan fingerprint density at radius 2 is 2.33 bits per heavy atom. The first kappa shape index (κ1) is 12.7. The average Bonchev–Trinajstić information content (AvgIpc) is 2.87. The summed E-state index contributed by atoms with van der Waals surface area (Å²) in [5.74, 6) is 0. The summed E-state index contributed by atoms with van der Waals surface area (Å²) in [5, 5.41) is 14.7. The monoisotopic (exact) mass is 312 g/mol. The van der Waals surface area contributed by atoms with Crippen LogP contribution in [0.15, 0.2) is 27.9 Å². The first-order valence-electron chi connectivity index (χ1n) is 5.48. The number of aryl methyl sites for hydroxylation is 2. The quantitative estimate of drug-likeness (QED) is 0.820. The van der Waals surface area contributed by atoms with E-state index in [2.05, 4.69) is 36.7 Å². The van der Waals surface area contributed by atoms with Crippen molar-refractivity contribution < 1.29 is 0 Å². The van der Waals surface area contributed by atoms with E-state index < -0.39 is 0 Å². The molecule has 0 saturated heterocycles. The van der Waals surface area contributed by atoms with Crippen molar-refractivity contribution in [1.29, 1.82) is 0 Å². The average molecular weight is 313 g/mol. The van der Waals surface area contributed by atoms with Crippen molar-refractivity contribution in [3.8, 4) is 0 Å². The van der Waals surface area contributed by atoms with Crippen LogP contribution in [0.1, 0.15) is 6.42 Å². The van der Waals surface area contributed by atoms with Crippen molar-refractivity contribution in [2.75, 3.05) is 11.9 Å². The lowest BCUT2D eigenvalue weighted by Crippen LogP contribution is -2.21. The first-order valence-corrected chi connectivity index (χ1v) is 6.27. The van der Waals surface area contributed by atoms with Crippen LogP contribution >= 0.6 is 15.9 Å². The van der Waals surface area contributed by atoms with Crippen LogP contribution in [-0.4, -0.2) is 31.3 Å². The number of anilines is 1. The Hall–Kier alpha value is -1.70. The fourth-order valence-corrected chi connectivity index (χ4v) is 1.95. The lowest BCUT2D eigenvalue weighted by atomic mass is 10.4. The summed E-state index contributed by atoms with van der Waals surface area (Å²) in [4.78, 5) is 11.6. The normalized spacial score (nSPS) is 10.6. The fraction of sp³-hybridized carbons (Fsp3) is 0.400. The van der Waals surface area contributed by atoms with Gasteiger partial charge in [-0.2, -0.15) is 5.10 Å². The maximum absolute atomic E-state index is 11.6. The van der Waals surface area contributed by atoms with E-state index in [0.717, 1.165) is 19.5 Å². The third-order valence-corrected chi connectivity index (χ3v) is 3.20. The molecule has 0 bridgehead atoms. The molecule has 96 valence electrons. The highest BCUT2D eigenvalue weighted by Crippen LogP contribution is 2.15. The van der Waals surface area contributed by atoms with E-state index in [9.17, 15) is 4.79 Å². The van der Waals surface area contributed by atoms with Crippen LogP contribution in [0.25, 0.3) is 0 Å². The Balaban J connectivity index is 1.87. The summed E-state index contributed by atoms with van der Waals surface area (Å²) in [6, 6.07) is 0. The molecule has 2 aromatic heterocycles. The lowest BCUT2D eigenvalue weighted by molar-refractivity contribution is 0.569. The molecule has 0 spiro atoms. The van der Waals surface area contributed by atoms with Crippen LogP contribution in [0.2, 0.25) is 0 Å². The van der Waals surface area contributed by atoms with Crippen LogP contribution in [0.3, 0.4) is 0 Å². The zero-order chi connectivity index (χ0) is 13.0. The first-order chi connectivity index (χ1) is 8.68. The van der Waals surface area contributed by atoms with Gasteiger partial charge in [0.2, 0.25) is 0 Å². The van der Waals surface area contributed by atoms with Crippen molar-refractivity contribution in [2.45, 2.75) is 13.0 Å². The smallest absolute Gasteiger partial charge is 0.282 e. The Kier molecular flexibility index (Phi) is 4.08. The third-order valence-electron chi connectivity index (χ3n) is 2.43. The van der Waals surface area contributed by atoms with Crippen LogP contribution in [0.5, 0.6) is 0 Å². The molecule has 2 rings (SSSR count). The SMILES string of the molecule is Cn1ncc(NCCCn2ccnn2)c(Br)c1=O. The molecule has 0 fully saturated rings. The zero-order valence-corrected chi connectivity index (χ0v) is 11.5. The largest absolute Gasteiger partial charge is 0.383 e. The second-order valence-corrected chi connectivity index (χ2v) is 4.54. The van der Waals surface area contributed by atoms with E-state index in [1.807, 2.05) is 6.20 Å². The maximum Gasteiger partial charge on any atom is 0.282 e. The molecular formula is C10H13BrN6O. The van der Waals surface area contributed by atoms with Gasteiger partial charge in [-0.25, -0.2) is 4.68 Å². The van der Waals surface area contributed by atoms with Crippen LogP contribution in [0.4, 0.5) is 5.69 Å². The van der Waals surface area contributed by atoms with Gasteiger partial charge in [-0.05, 0) is 22.4 Å². The van der Waals surface area contributed by atoms with Crippen molar-refractivity contribution in [2.24, 2.45) is 7.05 Å². The molecule has 1 N–H and O–H groups in total. The fourth-order valence-electron chi connectivity index (χ4n) is 1.45. The molecular weight excluding hydrogens is 300 g/mol. The Bertz CT molecular complexity index is 564. The summed E-state index contributed by atoms with van der Waals surface area (Å²) < 4.78 is 3.55. The van der Waals surface area contributed by atoms with E-state index in [1.165, 1.54) is 4.68 Å². The molecule has 8 heteroatoms. The second kappa shape index (κ2) is 5.76. The summed E-state index contributed by atoms with van der Waals surface area (Å²) in [7, 11) is 1.61. The van der Waals surface area contributed by atoms with Crippen LogP contribution in [-0.2, 0) is 13.6 Å². The number of nitrogens with zero attached hydrogens (tertiary/aromatic N) is 5. The Labute approximate surface area is 112 Å². The van der Waals surface area contributed by atoms with E-state index >= 15 is 0 Å². The summed E-state index contributed by atoms with van der Waals surface area (Å²) >= 11 is 3.26. The van der Waals surface area contributed by atoms with Gasteiger partial charge in [0.25, 0.3) is 5.56 Å². The van der Waals surface area contributed by atoms with E-state index in [1.54, 1.807) is 24.1 Å². The van der Waals surface area contributed by atoms with Gasteiger partial charge < -0.3 is 5.32 Å². The van der Waals surface area contributed by atoms with E-state index in [4.69, 9.17) is 0 Å². The number of hydrogen-bond acceptors (Lipinski definition) is 5. The van der Waals surface area contributed by atoms with Gasteiger partial charge in [0.1, 0.15) is 4.47 Å². The highest BCUT2D eigenvalue weighted by atomic mass is 79.9. The molecule has 0 aliphatic heterocycles. The topological polar surface area (TPSA) is 77.6 Å². The van der Waals surface area contributed by atoms with Crippen LogP contribution < -0.4 is 10.9 Å². The molecule has 0 aliphatic rings. The standard InChI is InChI=1S/C10H13BrN6O/c1-16-10(18)9(11)8(7-14-16)12-3-2-5-17-6-4-13-15-17/h4,6-7,12H,2-3,5H2,1H3. The molecule has 0 amide bonds. The van der Waals surface area contributed by atoms with Gasteiger partial charge in [-0.15, -0.1) is 5.10 Å². The van der Waals surface area contributed by atoms with Crippen molar-refractivity contribution in [1.82, 2.24) is 24.8 Å². The maximum atomic E-state index is 11.6. The van der Waals surface area contributed by atoms with Gasteiger partial charge in [0.05, 0.1) is 18.1 Å². The number of nitrogens with one attached hydrogen (secondary N) is 1. The molecule has 18 heavy (non-hydrogen) atoms. The summed E-state index contributed by atoms with van der Waals surface area (Å²) in [6.07, 6.45) is 5.97. The Morgan fingerprint density at radius 1 is 1.50 bits per heavy atom. The number of rotatable bonds is 5. The Morgan fingerprint density at radius 3 is 3.06 bits per heavy atom. The molecule has 0 aliphatic carbocycles. The molecule has 2 heterocycles. The van der Waals surface area contributed by atoms with E-state index in [0.29, 0.717) is 10.2 Å². The van der Waals surface area contributed by atoms with Crippen molar-refractivity contribution >= 4 is 21.6 Å². The molecule has 0 saturated carbocycles. The molecule has 0 aromatic carbocycles. The highest BCUT2D eigenvalue weighted by Gasteiger charge is 2.05. The van der Waals surface area contributed by atoms with Gasteiger partial charge in [-0.1, -0.05) is 5.21 Å². The summed E-state index contributed by atoms with van der Waals surface area (Å²) in [6.45, 7) is 1.51. The third kappa shape index (κ3) is 2.95. The predicted octanol–water partition coefficient (Wildman–Crippen LogP) is 0.636. The number of aromatic nitrogens is 5. The molecule has 0 radical (unpaired) electrons. The minimum atomic E-state index is -0.156. The van der Waals surface area contributed by atoms with Gasteiger partial charge in [0.15, 0.2) is 0 Å². The number of hydrogen-bond donors (Lipinski definition) is 1. The zero-order valence-electron chi connectivity index (χ0n) is 9.88. The minimum Gasteiger partial charge on any atom is -0.383 e. The highest BCUT2D eigenvalue weighted by molar-refractivity contribution is 9.10. The molecule has 7 nitrogen and oxygen atoms in total. The second-order valence-electron chi connectivity index (χ2n) is 3.75. The molecule has 2 aromatic rings. The minimum absolute atomic E-state index is 0.156. The lowest BCUT2D eigenvalue weighted by Gasteiger charge is -2.08. The van der Waals surface area contributed by atoms with Gasteiger partial charge >= 0.3 is 0 Å². The van der Waals surface area contributed by atoms with Crippen LogP contribution in [0, 0.1) is 0 Å². The van der Waals surface area contributed by atoms with Gasteiger partial charge in [0, 0.05) is 26.3 Å². The number of halogens is 1.